The summed E-state index contributed by atoms with van der Waals surface area (Å²) in [5.41, 5.74) is 2.12. The Morgan fingerprint density at radius 1 is 1.29 bits per heavy atom. The highest BCUT2D eigenvalue weighted by atomic mass is 32.2. The Balaban J connectivity index is 1.53. The smallest absolute Gasteiger partial charge is 0.383 e. The molecule has 1 atom stereocenters. The molecule has 2 aromatic rings. The minimum Gasteiger partial charge on any atom is -0.465 e. The fourth-order valence-corrected chi connectivity index (χ4v) is 3.27. The third kappa shape index (κ3) is 5.06. The van der Waals surface area contributed by atoms with Crippen LogP contribution in [0.4, 0.5) is 8.78 Å². The van der Waals surface area contributed by atoms with Crippen LogP contribution in [0.5, 0.6) is 0 Å². The zero-order chi connectivity index (χ0) is 20.1. The van der Waals surface area contributed by atoms with Gasteiger partial charge in [0.05, 0.1) is 18.4 Å². The van der Waals surface area contributed by atoms with Crippen molar-refractivity contribution in [3.8, 4) is 0 Å². The maximum atomic E-state index is 12.8. The molecule has 0 bridgehead atoms. The standard InChI is InChI=1S/C19H18F2N2O4S/c1-26-18(24)14-3-2-4-15(9-14)28-22-11-12-5-7-13(8-6-12)16(23-25)10-17-19(20,21)27-17/h2-9,17,22,25H,10-11H2,1H3/b23-16+. The van der Waals surface area contributed by atoms with Crippen LogP contribution < -0.4 is 4.72 Å². The summed E-state index contributed by atoms with van der Waals surface area (Å²) in [5.74, 6) is -0.395. The Hall–Kier alpha value is -2.49. The van der Waals surface area contributed by atoms with Crippen LogP contribution in [0.2, 0.25) is 0 Å². The number of halogens is 2. The lowest BCUT2D eigenvalue weighted by Gasteiger charge is -2.07. The molecule has 0 saturated carbocycles. The van der Waals surface area contributed by atoms with Gasteiger partial charge in [-0.3, -0.25) is 4.72 Å². The number of rotatable bonds is 8. The van der Waals surface area contributed by atoms with Crippen LogP contribution in [-0.2, 0) is 16.0 Å². The summed E-state index contributed by atoms with van der Waals surface area (Å²) in [6.07, 6.45) is -4.53. The first-order valence-electron chi connectivity index (χ1n) is 8.37. The van der Waals surface area contributed by atoms with Crippen molar-refractivity contribution in [2.75, 3.05) is 7.11 Å². The van der Waals surface area contributed by atoms with Crippen molar-refractivity contribution in [3.05, 3.63) is 65.2 Å². The van der Waals surface area contributed by atoms with Crippen LogP contribution in [-0.4, -0.2) is 36.2 Å². The quantitative estimate of drug-likeness (QED) is 0.173. The number of hydrogen-bond donors (Lipinski definition) is 2. The van der Waals surface area contributed by atoms with Crippen LogP contribution in [0.15, 0.2) is 58.6 Å². The van der Waals surface area contributed by atoms with E-state index < -0.39 is 18.2 Å². The molecular formula is C19H18F2N2O4S. The molecule has 0 amide bonds. The molecule has 0 aliphatic carbocycles. The number of benzene rings is 2. The summed E-state index contributed by atoms with van der Waals surface area (Å²) in [7, 11) is 1.33. The van der Waals surface area contributed by atoms with Gasteiger partial charge in [-0.1, -0.05) is 35.5 Å². The molecule has 1 heterocycles. The van der Waals surface area contributed by atoms with Crippen LogP contribution in [0.25, 0.3) is 0 Å². The van der Waals surface area contributed by atoms with E-state index in [0.717, 1.165) is 10.5 Å². The maximum Gasteiger partial charge on any atom is 0.383 e. The minimum absolute atomic E-state index is 0.149. The molecule has 2 aromatic carbocycles. The van der Waals surface area contributed by atoms with E-state index in [1.165, 1.54) is 19.1 Å². The van der Waals surface area contributed by atoms with Crippen LogP contribution in [0.1, 0.15) is 27.9 Å². The highest BCUT2D eigenvalue weighted by molar-refractivity contribution is 7.97. The Morgan fingerprint density at radius 3 is 2.61 bits per heavy atom. The van der Waals surface area contributed by atoms with Crippen molar-refractivity contribution in [1.29, 1.82) is 0 Å². The normalized spacial score (nSPS) is 18.0. The summed E-state index contributed by atoms with van der Waals surface area (Å²) in [4.78, 5) is 12.4. The molecule has 1 unspecified atom stereocenters. The van der Waals surface area contributed by atoms with E-state index in [0.29, 0.717) is 17.7 Å². The van der Waals surface area contributed by atoms with Crippen molar-refractivity contribution in [2.24, 2.45) is 5.16 Å². The Kier molecular flexibility index (Phi) is 6.28. The molecule has 1 fully saturated rings. The molecular weight excluding hydrogens is 390 g/mol. The van der Waals surface area contributed by atoms with E-state index >= 15 is 0 Å². The van der Waals surface area contributed by atoms with E-state index in [1.54, 1.807) is 30.3 Å². The van der Waals surface area contributed by atoms with Gasteiger partial charge < -0.3 is 14.7 Å². The summed E-state index contributed by atoms with van der Waals surface area (Å²) >= 11 is 1.37. The summed E-state index contributed by atoms with van der Waals surface area (Å²) in [6.45, 7) is 0.531. The molecule has 9 heteroatoms. The van der Waals surface area contributed by atoms with Crippen molar-refractivity contribution in [3.63, 3.8) is 0 Å². The number of ether oxygens (including phenoxy) is 2. The number of nitrogens with one attached hydrogen (secondary N) is 1. The fraction of sp³-hybridized carbons (Fsp3) is 0.263. The van der Waals surface area contributed by atoms with Crippen LogP contribution in [0.3, 0.4) is 0 Å². The molecule has 28 heavy (non-hydrogen) atoms. The van der Waals surface area contributed by atoms with E-state index in [9.17, 15) is 13.6 Å². The summed E-state index contributed by atoms with van der Waals surface area (Å²) in [5, 5.41) is 12.2. The average Bonchev–Trinajstić information content (AvgIpc) is 3.32. The summed E-state index contributed by atoms with van der Waals surface area (Å²) < 4.78 is 37.8. The Labute approximate surface area is 164 Å². The lowest BCUT2D eigenvalue weighted by atomic mass is 10.0. The number of esters is 1. The van der Waals surface area contributed by atoms with Crippen molar-refractivity contribution < 1.29 is 28.3 Å². The molecule has 6 nitrogen and oxygen atoms in total. The SMILES string of the molecule is COC(=O)c1cccc(SNCc2ccc(/C(CC3OC3(F)F)=N/O)cc2)c1. The average molecular weight is 408 g/mol. The van der Waals surface area contributed by atoms with Gasteiger partial charge in [-0.15, -0.1) is 0 Å². The van der Waals surface area contributed by atoms with Gasteiger partial charge >= 0.3 is 12.1 Å². The van der Waals surface area contributed by atoms with E-state index in [2.05, 4.69) is 14.6 Å². The van der Waals surface area contributed by atoms with Gasteiger partial charge in [0.15, 0.2) is 6.10 Å². The second-order valence-electron chi connectivity index (χ2n) is 6.06. The number of epoxide rings is 1. The third-order valence-corrected chi connectivity index (χ3v) is 4.90. The van der Waals surface area contributed by atoms with E-state index in [-0.39, 0.29) is 12.1 Å². The van der Waals surface area contributed by atoms with Crippen LogP contribution in [0, 0.1) is 0 Å². The maximum absolute atomic E-state index is 12.8. The summed E-state index contributed by atoms with van der Waals surface area (Å²) in [6, 6.07) is 14.1. The van der Waals surface area contributed by atoms with Gasteiger partial charge in [0.2, 0.25) is 0 Å². The molecule has 0 spiro atoms. The number of nitrogens with zero attached hydrogens (tertiary/aromatic N) is 1. The Morgan fingerprint density at radius 2 is 2.00 bits per heavy atom. The predicted molar refractivity (Wildman–Crippen MR) is 99.7 cm³/mol. The van der Waals surface area contributed by atoms with Crippen LogP contribution >= 0.6 is 11.9 Å². The van der Waals surface area contributed by atoms with E-state index in [1.807, 2.05) is 18.2 Å². The highest BCUT2D eigenvalue weighted by Crippen LogP contribution is 2.42. The zero-order valence-electron chi connectivity index (χ0n) is 14.9. The monoisotopic (exact) mass is 408 g/mol. The van der Waals surface area contributed by atoms with Gasteiger partial charge in [-0.2, -0.15) is 8.78 Å². The van der Waals surface area contributed by atoms with Gasteiger partial charge in [0.25, 0.3) is 0 Å². The first-order valence-corrected chi connectivity index (χ1v) is 9.18. The number of alkyl halides is 2. The van der Waals surface area contributed by atoms with Gasteiger partial charge in [-0.05, 0) is 41.3 Å². The number of methoxy groups -OCH3 is 1. The van der Waals surface area contributed by atoms with Gasteiger partial charge in [0, 0.05) is 17.9 Å². The third-order valence-electron chi connectivity index (χ3n) is 4.13. The molecule has 2 N–H and O–H groups in total. The lowest BCUT2D eigenvalue weighted by Crippen LogP contribution is -2.10. The number of oxime groups is 1. The molecule has 0 radical (unpaired) electrons. The molecule has 1 aliphatic rings. The van der Waals surface area contributed by atoms with Crippen molar-refractivity contribution in [1.82, 2.24) is 4.72 Å². The lowest BCUT2D eigenvalue weighted by molar-refractivity contribution is 0.00137. The first-order chi connectivity index (χ1) is 13.4. The fourth-order valence-electron chi connectivity index (χ4n) is 2.53. The molecule has 3 rings (SSSR count). The van der Waals surface area contributed by atoms with Gasteiger partial charge in [-0.25, -0.2) is 4.79 Å². The second kappa shape index (κ2) is 8.68. The second-order valence-corrected chi connectivity index (χ2v) is 7.02. The number of hydrogen-bond acceptors (Lipinski definition) is 7. The largest absolute Gasteiger partial charge is 0.465 e. The van der Waals surface area contributed by atoms with Gasteiger partial charge in [0.1, 0.15) is 0 Å². The topological polar surface area (TPSA) is 83.5 Å². The first kappa shape index (κ1) is 20.2. The van der Waals surface area contributed by atoms with E-state index in [4.69, 9.17) is 9.94 Å². The zero-order valence-corrected chi connectivity index (χ0v) is 15.7. The number of carbonyl (C=O) groups is 1. The molecule has 0 aromatic heterocycles. The number of carbonyl (C=O) groups excluding carboxylic acids is 1. The highest BCUT2D eigenvalue weighted by Gasteiger charge is 2.59. The Bertz CT molecular complexity index is 874. The molecule has 148 valence electrons. The van der Waals surface area contributed by atoms with Crippen molar-refractivity contribution >= 4 is 23.6 Å². The molecule has 1 aliphatic heterocycles. The van der Waals surface area contributed by atoms with Crippen molar-refractivity contribution in [2.45, 2.75) is 30.1 Å². The molecule has 1 saturated heterocycles. The minimum atomic E-state index is -3.14. The predicted octanol–water partition coefficient (Wildman–Crippen LogP) is 3.83.